The van der Waals surface area contributed by atoms with Gasteiger partial charge in [0.05, 0.1) is 0 Å². The van der Waals surface area contributed by atoms with E-state index >= 15 is 0 Å². The van der Waals surface area contributed by atoms with E-state index in [1.807, 2.05) is 11.4 Å². The van der Waals surface area contributed by atoms with Crippen LogP contribution in [0.5, 0.6) is 0 Å². The first-order chi connectivity index (χ1) is 6.29. The summed E-state index contributed by atoms with van der Waals surface area (Å²) in [4.78, 5) is 14.3. The summed E-state index contributed by atoms with van der Waals surface area (Å²) in [5.41, 5.74) is 0. The normalized spacial score (nSPS) is 10.2. The van der Waals surface area contributed by atoms with E-state index in [0.29, 0.717) is 0 Å². The largest absolute Gasteiger partial charge is 0.475 e. The van der Waals surface area contributed by atoms with E-state index in [0.717, 1.165) is 5.00 Å². The van der Waals surface area contributed by atoms with E-state index in [4.69, 9.17) is 5.11 Å². The number of carbonyl (C=O) groups is 1. The van der Waals surface area contributed by atoms with Gasteiger partial charge in [0.25, 0.3) is 0 Å². The summed E-state index contributed by atoms with van der Waals surface area (Å²) in [5, 5.41) is 15.1. The molecule has 1 N–H and O–H groups in total. The van der Waals surface area contributed by atoms with Crippen LogP contribution in [0.1, 0.15) is 10.6 Å². The fourth-order valence-corrected chi connectivity index (χ4v) is 1.63. The summed E-state index contributed by atoms with van der Waals surface area (Å²) in [5.74, 6) is -1.15. The summed E-state index contributed by atoms with van der Waals surface area (Å²) in [7, 11) is 0. The average molecular weight is 195 g/mol. The van der Waals surface area contributed by atoms with Crippen molar-refractivity contribution in [3.8, 4) is 5.00 Å². The van der Waals surface area contributed by atoms with Crippen molar-refractivity contribution < 1.29 is 9.90 Å². The van der Waals surface area contributed by atoms with Crippen LogP contribution >= 0.6 is 11.3 Å². The molecule has 2 heterocycles. The topological polar surface area (TPSA) is 68.0 Å². The van der Waals surface area contributed by atoms with Crippen molar-refractivity contribution in [1.29, 1.82) is 0 Å². The van der Waals surface area contributed by atoms with Crippen molar-refractivity contribution in [2.24, 2.45) is 0 Å². The zero-order valence-corrected chi connectivity index (χ0v) is 7.23. The van der Waals surface area contributed by atoms with Crippen molar-refractivity contribution in [3.05, 3.63) is 29.7 Å². The van der Waals surface area contributed by atoms with E-state index in [2.05, 4.69) is 10.1 Å². The first kappa shape index (κ1) is 7.93. The highest BCUT2D eigenvalue weighted by atomic mass is 32.1. The van der Waals surface area contributed by atoms with Gasteiger partial charge in [0.1, 0.15) is 11.3 Å². The molecule has 0 radical (unpaired) electrons. The summed E-state index contributed by atoms with van der Waals surface area (Å²) in [6.07, 6.45) is 1.23. The molecule has 0 atom stereocenters. The number of carboxylic acids is 1. The minimum absolute atomic E-state index is 0.0672. The van der Waals surface area contributed by atoms with Gasteiger partial charge in [0.2, 0.25) is 5.82 Å². The Balaban J connectivity index is 2.52. The number of rotatable bonds is 2. The number of carboxylic acid groups (broad SMARTS) is 1. The zero-order valence-electron chi connectivity index (χ0n) is 6.41. The minimum Gasteiger partial charge on any atom is -0.475 e. The SMILES string of the molecule is O=C(O)c1ncnn1-c1cccs1. The van der Waals surface area contributed by atoms with Crippen LogP contribution in [0.15, 0.2) is 23.8 Å². The van der Waals surface area contributed by atoms with E-state index in [-0.39, 0.29) is 5.82 Å². The molecule has 0 aromatic carbocycles. The summed E-state index contributed by atoms with van der Waals surface area (Å²) in [6, 6.07) is 3.61. The average Bonchev–Trinajstić information content (AvgIpc) is 2.74. The van der Waals surface area contributed by atoms with Crippen LogP contribution in [-0.2, 0) is 0 Å². The van der Waals surface area contributed by atoms with Crippen molar-refractivity contribution in [2.75, 3.05) is 0 Å². The third kappa shape index (κ3) is 1.31. The Bertz CT molecular complexity index is 421. The van der Waals surface area contributed by atoms with Crippen molar-refractivity contribution in [2.45, 2.75) is 0 Å². The maximum absolute atomic E-state index is 10.7. The highest BCUT2D eigenvalue weighted by molar-refractivity contribution is 7.12. The van der Waals surface area contributed by atoms with E-state index in [1.54, 1.807) is 6.07 Å². The molecule has 0 fully saturated rings. The molecule has 0 bridgehead atoms. The predicted octanol–water partition coefficient (Wildman–Crippen LogP) is 1.03. The maximum atomic E-state index is 10.7. The van der Waals surface area contributed by atoms with E-state index < -0.39 is 5.97 Å². The molecular formula is C7H5N3O2S. The van der Waals surface area contributed by atoms with Gasteiger partial charge in [0, 0.05) is 0 Å². The molecule has 0 aliphatic heterocycles. The third-order valence-corrected chi connectivity index (χ3v) is 2.30. The van der Waals surface area contributed by atoms with E-state index in [9.17, 15) is 4.79 Å². The van der Waals surface area contributed by atoms with Crippen LogP contribution < -0.4 is 0 Å². The lowest BCUT2D eigenvalue weighted by Crippen LogP contribution is -2.07. The molecule has 0 unspecified atom stereocenters. The van der Waals surface area contributed by atoms with Gasteiger partial charge in [-0.1, -0.05) is 0 Å². The summed E-state index contributed by atoms with van der Waals surface area (Å²) >= 11 is 1.41. The molecule has 5 nitrogen and oxygen atoms in total. The predicted molar refractivity (Wildman–Crippen MR) is 46.2 cm³/mol. The molecule has 6 heteroatoms. The lowest BCUT2D eigenvalue weighted by Gasteiger charge is -1.96. The molecule has 2 aromatic heterocycles. The Morgan fingerprint density at radius 3 is 3.08 bits per heavy atom. The molecule has 0 saturated heterocycles. The highest BCUT2D eigenvalue weighted by Gasteiger charge is 2.13. The van der Waals surface area contributed by atoms with Gasteiger partial charge in [-0.05, 0) is 17.5 Å². The third-order valence-electron chi connectivity index (χ3n) is 1.45. The van der Waals surface area contributed by atoms with Crippen molar-refractivity contribution in [3.63, 3.8) is 0 Å². The van der Waals surface area contributed by atoms with Gasteiger partial charge < -0.3 is 5.11 Å². The Morgan fingerprint density at radius 2 is 2.46 bits per heavy atom. The van der Waals surface area contributed by atoms with Crippen LogP contribution in [-0.4, -0.2) is 25.8 Å². The number of aromatic nitrogens is 3. The Hall–Kier alpha value is -1.69. The molecule has 66 valence electrons. The van der Waals surface area contributed by atoms with Crippen LogP contribution in [0, 0.1) is 0 Å². The highest BCUT2D eigenvalue weighted by Crippen LogP contribution is 2.14. The van der Waals surface area contributed by atoms with E-state index in [1.165, 1.54) is 22.3 Å². The number of hydrogen-bond donors (Lipinski definition) is 1. The minimum atomic E-state index is -1.08. The molecule has 13 heavy (non-hydrogen) atoms. The van der Waals surface area contributed by atoms with Gasteiger partial charge >= 0.3 is 5.97 Å². The first-order valence-electron chi connectivity index (χ1n) is 3.46. The number of hydrogen-bond acceptors (Lipinski definition) is 4. The molecule has 0 aliphatic rings. The fourth-order valence-electron chi connectivity index (χ4n) is 0.939. The zero-order chi connectivity index (χ0) is 9.26. The summed E-state index contributed by atoms with van der Waals surface area (Å²) < 4.78 is 1.30. The molecule has 2 rings (SSSR count). The standard InChI is InChI=1S/C7H5N3O2S/c11-7(12)6-8-4-9-10(6)5-2-1-3-13-5/h1-4H,(H,11,12). The smallest absolute Gasteiger partial charge is 0.374 e. The van der Waals surface area contributed by atoms with Gasteiger partial charge in [0.15, 0.2) is 0 Å². The maximum Gasteiger partial charge on any atom is 0.374 e. The lowest BCUT2D eigenvalue weighted by molar-refractivity contribution is 0.0680. The van der Waals surface area contributed by atoms with Gasteiger partial charge in [-0.3, -0.25) is 0 Å². The second kappa shape index (κ2) is 2.98. The van der Waals surface area contributed by atoms with Crippen LogP contribution in [0.4, 0.5) is 0 Å². The fraction of sp³-hybridized carbons (Fsp3) is 0. The quantitative estimate of drug-likeness (QED) is 0.777. The monoisotopic (exact) mass is 195 g/mol. The van der Waals surface area contributed by atoms with Gasteiger partial charge in [-0.2, -0.15) is 9.78 Å². The second-order valence-electron chi connectivity index (χ2n) is 2.25. The Kier molecular flexibility index (Phi) is 1.82. The number of thiophene rings is 1. The molecule has 0 spiro atoms. The Morgan fingerprint density at radius 1 is 1.62 bits per heavy atom. The molecule has 0 amide bonds. The number of aromatic carboxylic acids is 1. The van der Waals surface area contributed by atoms with Crippen LogP contribution in [0.2, 0.25) is 0 Å². The Labute approximate surface area is 77.3 Å². The molecule has 0 saturated carbocycles. The van der Waals surface area contributed by atoms with Gasteiger partial charge in [-0.15, -0.1) is 11.3 Å². The van der Waals surface area contributed by atoms with Crippen LogP contribution in [0.3, 0.4) is 0 Å². The second-order valence-corrected chi connectivity index (χ2v) is 3.18. The first-order valence-corrected chi connectivity index (χ1v) is 4.34. The lowest BCUT2D eigenvalue weighted by atomic mass is 10.6. The van der Waals surface area contributed by atoms with Gasteiger partial charge in [-0.25, -0.2) is 9.78 Å². The van der Waals surface area contributed by atoms with Crippen molar-refractivity contribution >= 4 is 17.3 Å². The molecule has 2 aromatic rings. The van der Waals surface area contributed by atoms with Crippen molar-refractivity contribution in [1.82, 2.24) is 14.8 Å². The molecular weight excluding hydrogens is 190 g/mol. The molecule has 0 aliphatic carbocycles. The summed E-state index contributed by atoms with van der Waals surface area (Å²) in [6.45, 7) is 0. The van der Waals surface area contributed by atoms with Crippen LogP contribution in [0.25, 0.3) is 5.00 Å². The number of nitrogens with zero attached hydrogens (tertiary/aromatic N) is 3.